The zero-order chi connectivity index (χ0) is 13.8. The van der Waals surface area contributed by atoms with Crippen LogP contribution in [0.1, 0.15) is 18.1 Å². The predicted octanol–water partition coefficient (Wildman–Crippen LogP) is 2.17. The van der Waals surface area contributed by atoms with Crippen molar-refractivity contribution in [1.82, 2.24) is 4.72 Å². The Morgan fingerprint density at radius 1 is 1.33 bits per heavy atom. The van der Waals surface area contributed by atoms with E-state index in [0.717, 1.165) is 11.3 Å². The van der Waals surface area contributed by atoms with Gasteiger partial charge in [-0.3, -0.25) is 0 Å². The largest absolute Gasteiger partial charge is 0.494 e. The maximum atomic E-state index is 12.0. The molecular weight excluding hydrogens is 250 g/mol. The number of sulfonamides is 1. The molecule has 1 N–H and O–H groups in total. The summed E-state index contributed by atoms with van der Waals surface area (Å²) in [7, 11) is -3.48. The van der Waals surface area contributed by atoms with Crippen LogP contribution >= 0.6 is 0 Å². The molecule has 0 aromatic heterocycles. The molecule has 4 nitrogen and oxygen atoms in total. The minimum absolute atomic E-state index is 0.216. The molecule has 0 fully saturated rings. The topological polar surface area (TPSA) is 55.4 Å². The van der Waals surface area contributed by atoms with E-state index >= 15 is 0 Å². The molecule has 1 rings (SSSR count). The van der Waals surface area contributed by atoms with E-state index in [-0.39, 0.29) is 11.4 Å². The number of rotatable bonds is 6. The quantitative estimate of drug-likeness (QED) is 0.805. The van der Waals surface area contributed by atoms with E-state index in [2.05, 4.69) is 11.3 Å². The maximum absolute atomic E-state index is 12.0. The third-order valence-corrected chi connectivity index (χ3v) is 4.05. The zero-order valence-electron chi connectivity index (χ0n) is 11.0. The van der Waals surface area contributed by atoms with Crippen molar-refractivity contribution in [3.05, 3.63) is 35.9 Å². The van der Waals surface area contributed by atoms with Crippen LogP contribution in [-0.4, -0.2) is 21.6 Å². The van der Waals surface area contributed by atoms with Gasteiger partial charge in [-0.05, 0) is 44.0 Å². The molecule has 0 aliphatic heterocycles. The number of hydrogen-bond donors (Lipinski definition) is 1. The fourth-order valence-corrected chi connectivity index (χ4v) is 2.92. The third-order valence-electron chi connectivity index (χ3n) is 2.48. The van der Waals surface area contributed by atoms with Crippen molar-refractivity contribution in [2.75, 3.05) is 13.2 Å². The van der Waals surface area contributed by atoms with Crippen LogP contribution in [0.15, 0.2) is 29.7 Å². The fourth-order valence-electron chi connectivity index (χ4n) is 1.61. The molecule has 0 heterocycles. The summed E-state index contributed by atoms with van der Waals surface area (Å²) < 4.78 is 32.0. The van der Waals surface area contributed by atoms with Crippen LogP contribution in [-0.2, 0) is 10.0 Å². The molecule has 0 aliphatic carbocycles. The van der Waals surface area contributed by atoms with E-state index in [4.69, 9.17) is 4.74 Å². The van der Waals surface area contributed by atoms with E-state index in [0.29, 0.717) is 12.2 Å². The summed E-state index contributed by atoms with van der Waals surface area (Å²) in [4.78, 5) is 0.283. The second-order valence-electron chi connectivity index (χ2n) is 3.96. The summed E-state index contributed by atoms with van der Waals surface area (Å²) in [6.45, 7) is 9.74. The van der Waals surface area contributed by atoms with Crippen LogP contribution in [0, 0.1) is 13.8 Å². The van der Waals surface area contributed by atoms with Crippen molar-refractivity contribution in [3.8, 4) is 5.75 Å². The molecule has 0 bridgehead atoms. The van der Waals surface area contributed by atoms with Gasteiger partial charge in [-0.2, -0.15) is 0 Å². The van der Waals surface area contributed by atoms with Gasteiger partial charge in [0.2, 0.25) is 10.0 Å². The Labute approximate surface area is 109 Å². The van der Waals surface area contributed by atoms with E-state index < -0.39 is 10.0 Å². The summed E-state index contributed by atoms with van der Waals surface area (Å²) in [6, 6.07) is 3.38. The van der Waals surface area contributed by atoms with Crippen molar-refractivity contribution in [3.63, 3.8) is 0 Å². The highest BCUT2D eigenvalue weighted by Gasteiger charge is 2.17. The van der Waals surface area contributed by atoms with Gasteiger partial charge in [0.1, 0.15) is 5.75 Å². The standard InChI is InChI=1S/C13H19NO3S/c1-5-7-14-18(15,16)13-9-10(3)12(17-6-2)8-11(13)4/h5,8-9,14H,1,6-7H2,2-4H3. The lowest BCUT2D eigenvalue weighted by Crippen LogP contribution is -2.24. The molecular formula is C13H19NO3S. The Kier molecular flexibility index (Phi) is 4.93. The number of hydrogen-bond acceptors (Lipinski definition) is 3. The predicted molar refractivity (Wildman–Crippen MR) is 72.5 cm³/mol. The van der Waals surface area contributed by atoms with Crippen molar-refractivity contribution >= 4 is 10.0 Å². The third kappa shape index (κ3) is 3.34. The van der Waals surface area contributed by atoms with Gasteiger partial charge in [-0.15, -0.1) is 6.58 Å². The first-order chi connectivity index (χ1) is 8.42. The van der Waals surface area contributed by atoms with Crippen molar-refractivity contribution < 1.29 is 13.2 Å². The van der Waals surface area contributed by atoms with Gasteiger partial charge in [-0.25, -0.2) is 13.1 Å². The van der Waals surface area contributed by atoms with E-state index in [1.54, 1.807) is 19.1 Å². The number of aryl methyl sites for hydroxylation is 2. The lowest BCUT2D eigenvalue weighted by molar-refractivity contribution is 0.337. The molecule has 5 heteroatoms. The molecule has 0 atom stereocenters. The van der Waals surface area contributed by atoms with Gasteiger partial charge < -0.3 is 4.74 Å². The minimum Gasteiger partial charge on any atom is -0.494 e. The van der Waals surface area contributed by atoms with E-state index in [1.165, 1.54) is 6.08 Å². The van der Waals surface area contributed by atoms with Crippen molar-refractivity contribution in [2.45, 2.75) is 25.7 Å². The van der Waals surface area contributed by atoms with E-state index in [1.807, 2.05) is 13.8 Å². The summed E-state index contributed by atoms with van der Waals surface area (Å²) >= 11 is 0. The zero-order valence-corrected chi connectivity index (χ0v) is 11.8. The summed E-state index contributed by atoms with van der Waals surface area (Å²) in [5.41, 5.74) is 1.47. The Balaban J connectivity index is 3.18. The molecule has 0 saturated heterocycles. The van der Waals surface area contributed by atoms with Crippen LogP contribution in [0.25, 0.3) is 0 Å². The number of nitrogens with one attached hydrogen (secondary N) is 1. The first kappa shape index (κ1) is 14.7. The van der Waals surface area contributed by atoms with Gasteiger partial charge >= 0.3 is 0 Å². The smallest absolute Gasteiger partial charge is 0.241 e. The molecule has 0 spiro atoms. The molecule has 1 aromatic carbocycles. The average Bonchev–Trinajstić information content (AvgIpc) is 2.31. The molecule has 18 heavy (non-hydrogen) atoms. The Hall–Kier alpha value is -1.33. The second-order valence-corrected chi connectivity index (χ2v) is 5.69. The van der Waals surface area contributed by atoms with Gasteiger partial charge in [0.25, 0.3) is 0 Å². The Morgan fingerprint density at radius 2 is 2.00 bits per heavy atom. The van der Waals surface area contributed by atoms with Crippen molar-refractivity contribution in [2.24, 2.45) is 0 Å². The lowest BCUT2D eigenvalue weighted by Gasteiger charge is -2.13. The molecule has 1 aromatic rings. The molecule has 100 valence electrons. The average molecular weight is 269 g/mol. The molecule has 0 radical (unpaired) electrons. The first-order valence-electron chi connectivity index (χ1n) is 5.77. The van der Waals surface area contributed by atoms with Gasteiger partial charge in [0.05, 0.1) is 11.5 Å². The second kappa shape index (κ2) is 6.02. The van der Waals surface area contributed by atoms with Crippen molar-refractivity contribution in [1.29, 1.82) is 0 Å². The lowest BCUT2D eigenvalue weighted by atomic mass is 10.1. The normalized spacial score (nSPS) is 11.3. The molecule has 0 saturated carbocycles. The monoisotopic (exact) mass is 269 g/mol. The van der Waals surface area contributed by atoms with Gasteiger partial charge in [-0.1, -0.05) is 6.08 Å². The molecule has 0 amide bonds. The number of ether oxygens (including phenoxy) is 1. The van der Waals surface area contributed by atoms with Crippen LogP contribution in [0.4, 0.5) is 0 Å². The Morgan fingerprint density at radius 3 is 2.56 bits per heavy atom. The van der Waals surface area contributed by atoms with Crippen LogP contribution < -0.4 is 9.46 Å². The van der Waals surface area contributed by atoms with Gasteiger partial charge in [0, 0.05) is 6.54 Å². The highest BCUT2D eigenvalue weighted by atomic mass is 32.2. The summed E-state index contributed by atoms with van der Waals surface area (Å²) in [5, 5.41) is 0. The van der Waals surface area contributed by atoms with Gasteiger partial charge in [0.15, 0.2) is 0 Å². The minimum atomic E-state index is -3.48. The first-order valence-corrected chi connectivity index (χ1v) is 7.25. The maximum Gasteiger partial charge on any atom is 0.241 e. The van der Waals surface area contributed by atoms with Crippen LogP contribution in [0.3, 0.4) is 0 Å². The SMILES string of the molecule is C=CCNS(=O)(=O)c1cc(C)c(OCC)cc1C. The highest BCUT2D eigenvalue weighted by Crippen LogP contribution is 2.25. The number of benzene rings is 1. The van der Waals surface area contributed by atoms with E-state index in [9.17, 15) is 8.42 Å². The summed E-state index contributed by atoms with van der Waals surface area (Å²) in [5.74, 6) is 0.720. The highest BCUT2D eigenvalue weighted by molar-refractivity contribution is 7.89. The van der Waals surface area contributed by atoms with Crippen LogP contribution in [0.5, 0.6) is 5.75 Å². The fraction of sp³-hybridized carbons (Fsp3) is 0.385. The summed E-state index contributed by atoms with van der Waals surface area (Å²) in [6.07, 6.45) is 1.51. The molecule has 0 unspecified atom stereocenters. The Bertz CT molecular complexity index is 535. The van der Waals surface area contributed by atoms with Crippen LogP contribution in [0.2, 0.25) is 0 Å². The molecule has 0 aliphatic rings.